The van der Waals surface area contributed by atoms with Gasteiger partial charge in [0.25, 0.3) is 0 Å². The average Bonchev–Trinajstić information content (AvgIpc) is 3.01. The molecule has 0 spiro atoms. The molecule has 2 fully saturated rings. The SMILES string of the molecule is O=C(O)[C@@H]1[C@@H]2CC[C@@H](C2)[C@@H]1C(=O)Nc1ccccc1Cl. The van der Waals surface area contributed by atoms with Crippen molar-refractivity contribution in [1.29, 1.82) is 0 Å². The number of aliphatic carboxylic acids is 1. The average molecular weight is 294 g/mol. The number of rotatable bonds is 3. The molecule has 4 atom stereocenters. The number of halogens is 1. The number of hydrogen-bond donors (Lipinski definition) is 2. The van der Waals surface area contributed by atoms with Gasteiger partial charge in [-0.3, -0.25) is 9.59 Å². The number of hydrogen-bond acceptors (Lipinski definition) is 2. The van der Waals surface area contributed by atoms with Gasteiger partial charge in [-0.25, -0.2) is 0 Å². The summed E-state index contributed by atoms with van der Waals surface area (Å²) in [6.07, 6.45) is 2.74. The van der Waals surface area contributed by atoms with Crippen molar-refractivity contribution in [3.05, 3.63) is 29.3 Å². The molecule has 0 radical (unpaired) electrons. The zero-order valence-corrected chi connectivity index (χ0v) is 11.6. The van der Waals surface area contributed by atoms with E-state index in [2.05, 4.69) is 5.32 Å². The number of benzene rings is 1. The third-order valence-electron chi connectivity index (χ3n) is 4.64. The molecule has 2 aliphatic rings. The highest BCUT2D eigenvalue weighted by atomic mass is 35.5. The van der Waals surface area contributed by atoms with Crippen LogP contribution < -0.4 is 5.32 Å². The summed E-state index contributed by atoms with van der Waals surface area (Å²) < 4.78 is 0. The molecule has 0 heterocycles. The van der Waals surface area contributed by atoms with Crippen LogP contribution in [-0.2, 0) is 9.59 Å². The number of nitrogens with one attached hydrogen (secondary N) is 1. The topological polar surface area (TPSA) is 66.4 Å². The van der Waals surface area contributed by atoms with Gasteiger partial charge in [-0.2, -0.15) is 0 Å². The van der Waals surface area contributed by atoms with Gasteiger partial charge < -0.3 is 10.4 Å². The summed E-state index contributed by atoms with van der Waals surface area (Å²) >= 11 is 6.02. The number of carbonyl (C=O) groups excluding carboxylic acids is 1. The molecule has 106 valence electrons. The molecule has 1 aromatic rings. The van der Waals surface area contributed by atoms with Crippen molar-refractivity contribution in [2.24, 2.45) is 23.7 Å². The summed E-state index contributed by atoms with van der Waals surface area (Å²) in [4.78, 5) is 23.9. The highest BCUT2D eigenvalue weighted by molar-refractivity contribution is 6.33. The fourth-order valence-electron chi connectivity index (χ4n) is 3.80. The molecule has 2 aliphatic carbocycles. The fraction of sp³-hybridized carbons (Fsp3) is 0.467. The first-order chi connectivity index (χ1) is 9.58. The molecule has 0 aliphatic heterocycles. The lowest BCUT2D eigenvalue weighted by atomic mass is 9.78. The van der Waals surface area contributed by atoms with Crippen LogP contribution in [0.3, 0.4) is 0 Å². The molecule has 1 aromatic carbocycles. The second-order valence-corrected chi connectivity index (χ2v) is 6.10. The molecular weight excluding hydrogens is 278 g/mol. The molecule has 2 N–H and O–H groups in total. The molecule has 4 nitrogen and oxygen atoms in total. The van der Waals surface area contributed by atoms with Crippen molar-refractivity contribution in [1.82, 2.24) is 0 Å². The van der Waals surface area contributed by atoms with Crippen molar-refractivity contribution in [3.63, 3.8) is 0 Å². The normalized spacial score (nSPS) is 31.2. The number of carbonyl (C=O) groups is 2. The molecular formula is C15H16ClNO3. The Kier molecular flexibility index (Phi) is 3.42. The van der Waals surface area contributed by atoms with Crippen LogP contribution in [-0.4, -0.2) is 17.0 Å². The van der Waals surface area contributed by atoms with E-state index < -0.39 is 17.8 Å². The van der Waals surface area contributed by atoms with Crippen LogP contribution in [0.15, 0.2) is 24.3 Å². The predicted molar refractivity (Wildman–Crippen MR) is 75.5 cm³/mol. The first-order valence-electron chi connectivity index (χ1n) is 6.86. The number of amides is 1. The number of anilines is 1. The van der Waals surface area contributed by atoms with Crippen molar-refractivity contribution in [2.45, 2.75) is 19.3 Å². The van der Waals surface area contributed by atoms with Crippen LogP contribution in [0.1, 0.15) is 19.3 Å². The number of carboxylic acid groups (broad SMARTS) is 1. The maximum absolute atomic E-state index is 12.4. The minimum Gasteiger partial charge on any atom is -0.481 e. The molecule has 5 heteroatoms. The largest absolute Gasteiger partial charge is 0.481 e. The van der Waals surface area contributed by atoms with E-state index in [-0.39, 0.29) is 17.7 Å². The highest BCUT2D eigenvalue weighted by Crippen LogP contribution is 2.52. The molecule has 2 saturated carbocycles. The lowest BCUT2D eigenvalue weighted by Gasteiger charge is -2.27. The minimum atomic E-state index is -0.850. The van der Waals surface area contributed by atoms with E-state index in [0.29, 0.717) is 10.7 Å². The molecule has 0 aromatic heterocycles. The van der Waals surface area contributed by atoms with Crippen LogP contribution in [0.25, 0.3) is 0 Å². The van der Waals surface area contributed by atoms with Gasteiger partial charge in [-0.1, -0.05) is 23.7 Å². The molecule has 2 bridgehead atoms. The minimum absolute atomic E-state index is 0.152. The zero-order chi connectivity index (χ0) is 14.3. The summed E-state index contributed by atoms with van der Waals surface area (Å²) in [6.45, 7) is 0. The van der Waals surface area contributed by atoms with Crippen molar-refractivity contribution < 1.29 is 14.7 Å². The zero-order valence-electron chi connectivity index (χ0n) is 10.9. The second-order valence-electron chi connectivity index (χ2n) is 5.69. The van der Waals surface area contributed by atoms with Crippen LogP contribution >= 0.6 is 11.6 Å². The Morgan fingerprint density at radius 3 is 2.45 bits per heavy atom. The van der Waals surface area contributed by atoms with E-state index in [1.165, 1.54) is 0 Å². The van der Waals surface area contributed by atoms with Crippen molar-refractivity contribution >= 4 is 29.2 Å². The smallest absolute Gasteiger partial charge is 0.307 e. The van der Waals surface area contributed by atoms with E-state index >= 15 is 0 Å². The third-order valence-corrected chi connectivity index (χ3v) is 4.97. The maximum Gasteiger partial charge on any atom is 0.307 e. The Balaban J connectivity index is 1.80. The molecule has 3 rings (SSSR count). The standard InChI is InChI=1S/C15H16ClNO3/c16-10-3-1-2-4-11(10)17-14(18)12-8-5-6-9(7-8)13(12)15(19)20/h1-4,8-9,12-13H,5-7H2,(H,17,18)(H,19,20)/t8-,9+,12-,13+/m0/s1. The number of carboxylic acids is 1. The van der Waals surface area contributed by atoms with Crippen molar-refractivity contribution in [2.75, 3.05) is 5.32 Å². The summed E-state index contributed by atoms with van der Waals surface area (Å²) in [6, 6.07) is 7.00. The van der Waals surface area contributed by atoms with Crippen LogP contribution in [0, 0.1) is 23.7 Å². The lowest BCUT2D eigenvalue weighted by Crippen LogP contribution is -2.37. The van der Waals surface area contributed by atoms with Gasteiger partial charge >= 0.3 is 5.97 Å². The summed E-state index contributed by atoms with van der Waals surface area (Å²) in [5.41, 5.74) is 0.547. The van der Waals surface area contributed by atoms with Gasteiger partial charge in [0.05, 0.1) is 22.5 Å². The lowest BCUT2D eigenvalue weighted by molar-refractivity contribution is -0.148. The van der Waals surface area contributed by atoms with Crippen molar-refractivity contribution in [3.8, 4) is 0 Å². The van der Waals surface area contributed by atoms with Gasteiger partial charge in [0.15, 0.2) is 0 Å². The van der Waals surface area contributed by atoms with E-state index in [9.17, 15) is 14.7 Å². The van der Waals surface area contributed by atoms with Gasteiger partial charge in [0, 0.05) is 0 Å². The van der Waals surface area contributed by atoms with E-state index in [0.717, 1.165) is 19.3 Å². The monoisotopic (exact) mass is 293 g/mol. The van der Waals surface area contributed by atoms with Gasteiger partial charge in [0.2, 0.25) is 5.91 Å². The molecule has 0 saturated heterocycles. The highest BCUT2D eigenvalue weighted by Gasteiger charge is 2.53. The predicted octanol–water partition coefficient (Wildman–Crippen LogP) is 3.03. The third kappa shape index (κ3) is 2.18. The Bertz CT molecular complexity index is 560. The van der Waals surface area contributed by atoms with Gasteiger partial charge in [-0.15, -0.1) is 0 Å². The molecule has 1 amide bonds. The Morgan fingerprint density at radius 1 is 1.15 bits per heavy atom. The van der Waals surface area contributed by atoms with E-state index in [1.807, 2.05) is 0 Å². The fourth-order valence-corrected chi connectivity index (χ4v) is 3.99. The van der Waals surface area contributed by atoms with Crippen LogP contribution in [0.4, 0.5) is 5.69 Å². The summed E-state index contributed by atoms with van der Waals surface area (Å²) in [5, 5.41) is 12.6. The van der Waals surface area contributed by atoms with Gasteiger partial charge in [0.1, 0.15) is 0 Å². The first kappa shape index (κ1) is 13.4. The van der Waals surface area contributed by atoms with E-state index in [4.69, 9.17) is 11.6 Å². The van der Waals surface area contributed by atoms with E-state index in [1.54, 1.807) is 24.3 Å². The summed E-state index contributed by atoms with van der Waals surface area (Å²) in [7, 11) is 0. The Morgan fingerprint density at radius 2 is 1.80 bits per heavy atom. The molecule has 20 heavy (non-hydrogen) atoms. The molecule has 0 unspecified atom stereocenters. The summed E-state index contributed by atoms with van der Waals surface area (Å²) in [5.74, 6) is -1.68. The quantitative estimate of drug-likeness (QED) is 0.900. The van der Waals surface area contributed by atoms with Gasteiger partial charge in [-0.05, 0) is 43.2 Å². The van der Waals surface area contributed by atoms with Crippen LogP contribution in [0.2, 0.25) is 5.02 Å². The maximum atomic E-state index is 12.4. The first-order valence-corrected chi connectivity index (χ1v) is 7.24. The van der Waals surface area contributed by atoms with Crippen LogP contribution in [0.5, 0.6) is 0 Å². The Hall–Kier alpha value is -1.55. The second kappa shape index (κ2) is 5.09. The Labute approximate surface area is 122 Å². The number of fused-ring (bicyclic) bond motifs is 2. The number of para-hydroxylation sites is 1.